The number of ether oxygens (including phenoxy) is 4. The highest BCUT2D eigenvalue weighted by Gasteiger charge is 2.30. The van der Waals surface area contributed by atoms with Crippen molar-refractivity contribution in [2.45, 2.75) is 349 Å². The number of unbranched alkanes of at least 4 members (excludes halogenated alkanes) is 33. The van der Waals surface area contributed by atoms with Crippen molar-refractivity contribution in [1.82, 2.24) is 0 Å². The minimum atomic E-state index is -4.95. The highest BCUT2D eigenvalue weighted by atomic mass is 31.2. The van der Waals surface area contributed by atoms with Crippen molar-refractivity contribution in [1.29, 1.82) is 0 Å². The van der Waals surface area contributed by atoms with Crippen LogP contribution in [0.4, 0.5) is 0 Å². The van der Waals surface area contributed by atoms with Gasteiger partial charge in [0.1, 0.15) is 19.3 Å². The molecular formula is C67H130O17P2. The van der Waals surface area contributed by atoms with E-state index in [2.05, 4.69) is 48.5 Å². The molecule has 0 fully saturated rings. The predicted molar refractivity (Wildman–Crippen MR) is 344 cm³/mol. The second-order valence-electron chi connectivity index (χ2n) is 25.6. The predicted octanol–water partition coefficient (Wildman–Crippen LogP) is 18.7. The molecule has 0 aromatic heterocycles. The number of hydrogen-bond donors (Lipinski definition) is 3. The largest absolute Gasteiger partial charge is 0.472 e. The Kier molecular flexibility index (Phi) is 56.9. The lowest BCUT2D eigenvalue weighted by Crippen LogP contribution is -2.30. The van der Waals surface area contributed by atoms with Crippen LogP contribution < -0.4 is 0 Å². The summed E-state index contributed by atoms with van der Waals surface area (Å²) in [5.41, 5.74) is 0. The lowest BCUT2D eigenvalue weighted by Gasteiger charge is -2.21. The van der Waals surface area contributed by atoms with Crippen LogP contribution in [0.15, 0.2) is 0 Å². The summed E-state index contributed by atoms with van der Waals surface area (Å²) in [6, 6.07) is 0. The number of phosphoric acid groups is 2. The third-order valence-corrected chi connectivity index (χ3v) is 17.3. The van der Waals surface area contributed by atoms with Gasteiger partial charge >= 0.3 is 39.5 Å². The monoisotopic (exact) mass is 1270 g/mol. The Bertz CT molecular complexity index is 1700. The molecule has 0 bridgehead atoms. The third kappa shape index (κ3) is 60.9. The van der Waals surface area contributed by atoms with E-state index in [0.717, 1.165) is 115 Å². The average molecular weight is 1270 g/mol. The van der Waals surface area contributed by atoms with Gasteiger partial charge in [-0.2, -0.15) is 0 Å². The molecule has 0 saturated heterocycles. The van der Waals surface area contributed by atoms with E-state index in [1.807, 2.05) is 0 Å². The molecular weight excluding hydrogens is 1140 g/mol. The van der Waals surface area contributed by atoms with Gasteiger partial charge in [0, 0.05) is 25.7 Å². The molecule has 0 rings (SSSR count). The normalized spacial score (nSPS) is 14.3. The number of carbonyl (C=O) groups is 4. The number of aliphatic hydroxyl groups is 1. The molecule has 510 valence electrons. The van der Waals surface area contributed by atoms with Crippen molar-refractivity contribution in [3.05, 3.63) is 0 Å². The van der Waals surface area contributed by atoms with Crippen LogP contribution in [-0.2, 0) is 65.4 Å². The number of rotatable bonds is 65. The SMILES string of the molecule is CCCCCCCCCC(=O)OC[C@H](COP(=O)(O)OC[C@H](O)COP(=O)(O)OC[C@@H](COC(=O)CCCCCCCCCCCCCC(C)C)OC(=O)CCCCCCCCCCCCCCC(C)C)OC(=O)CCCCCCCCCC(C)C. The Hall–Kier alpha value is -1.94. The number of aliphatic hydroxyl groups excluding tert-OH is 1. The zero-order valence-corrected chi connectivity index (χ0v) is 57.6. The number of phosphoric ester groups is 2. The smallest absolute Gasteiger partial charge is 0.462 e. The van der Waals surface area contributed by atoms with Crippen molar-refractivity contribution in [3.63, 3.8) is 0 Å². The molecule has 17 nitrogen and oxygen atoms in total. The van der Waals surface area contributed by atoms with Crippen molar-refractivity contribution < 1.29 is 80.2 Å². The van der Waals surface area contributed by atoms with E-state index in [4.69, 9.17) is 37.0 Å². The molecule has 0 aromatic rings. The lowest BCUT2D eigenvalue weighted by atomic mass is 10.0. The maximum Gasteiger partial charge on any atom is 0.472 e. The van der Waals surface area contributed by atoms with Crippen LogP contribution in [0.2, 0.25) is 0 Å². The molecule has 0 heterocycles. The molecule has 0 aliphatic rings. The molecule has 86 heavy (non-hydrogen) atoms. The molecule has 0 aliphatic heterocycles. The summed E-state index contributed by atoms with van der Waals surface area (Å²) in [7, 11) is -9.89. The zero-order chi connectivity index (χ0) is 63.8. The first-order valence-electron chi connectivity index (χ1n) is 34.8. The summed E-state index contributed by atoms with van der Waals surface area (Å²) in [5.74, 6) is 0.107. The van der Waals surface area contributed by atoms with E-state index >= 15 is 0 Å². The molecule has 3 N–H and O–H groups in total. The van der Waals surface area contributed by atoms with Crippen LogP contribution in [0.25, 0.3) is 0 Å². The molecule has 0 spiro atoms. The zero-order valence-electron chi connectivity index (χ0n) is 55.8. The van der Waals surface area contributed by atoms with Gasteiger partial charge in [-0.05, 0) is 43.4 Å². The van der Waals surface area contributed by atoms with Gasteiger partial charge in [-0.25, -0.2) is 9.13 Å². The van der Waals surface area contributed by atoms with E-state index in [1.54, 1.807) is 0 Å². The van der Waals surface area contributed by atoms with Crippen molar-refractivity contribution >= 4 is 39.5 Å². The summed E-state index contributed by atoms with van der Waals surface area (Å²) in [4.78, 5) is 72.2. The average Bonchev–Trinajstić information content (AvgIpc) is 3.56. The van der Waals surface area contributed by atoms with E-state index in [1.165, 1.54) is 128 Å². The van der Waals surface area contributed by atoms with Crippen molar-refractivity contribution in [3.8, 4) is 0 Å². The maximum absolute atomic E-state index is 13.0. The number of carbonyl (C=O) groups excluding carboxylic acids is 4. The molecule has 0 aliphatic carbocycles. The van der Waals surface area contributed by atoms with Gasteiger partial charge in [0.2, 0.25) is 0 Å². The molecule has 0 aromatic carbocycles. The van der Waals surface area contributed by atoms with Crippen molar-refractivity contribution in [2.75, 3.05) is 39.6 Å². The Morgan fingerprint density at radius 3 is 0.791 bits per heavy atom. The number of esters is 4. The van der Waals surface area contributed by atoms with Gasteiger partial charge in [0.05, 0.1) is 26.4 Å². The molecule has 19 heteroatoms. The summed E-state index contributed by atoms with van der Waals surface area (Å²) < 4.78 is 68.0. The van der Waals surface area contributed by atoms with Gasteiger partial charge in [-0.15, -0.1) is 0 Å². The van der Waals surface area contributed by atoms with Crippen LogP contribution in [0.1, 0.15) is 331 Å². The van der Waals surface area contributed by atoms with Crippen LogP contribution in [0, 0.1) is 17.8 Å². The van der Waals surface area contributed by atoms with E-state index in [9.17, 15) is 43.2 Å². The van der Waals surface area contributed by atoms with Crippen LogP contribution in [0.3, 0.4) is 0 Å². The fraction of sp³-hybridized carbons (Fsp3) is 0.940. The molecule has 0 radical (unpaired) electrons. The molecule has 2 unspecified atom stereocenters. The highest BCUT2D eigenvalue weighted by Crippen LogP contribution is 2.45. The molecule has 5 atom stereocenters. The van der Waals surface area contributed by atoms with Gasteiger partial charge in [0.15, 0.2) is 12.2 Å². The Balaban J connectivity index is 5.22. The van der Waals surface area contributed by atoms with E-state index in [0.29, 0.717) is 31.6 Å². The standard InChI is InChI=1S/C67H130O17P2/c1-8-9-10-11-24-34-41-48-64(69)77-54-62(84-67(72)51-44-37-30-23-27-33-40-47-60(6)7)56-81-85(73,74)79-52-61(68)53-80-86(75,76)82-57-63(55-78-65(70)49-42-35-28-21-18-14-16-20-26-32-39-46-59(4)5)83-66(71)50-43-36-29-22-17-13-12-15-19-25-31-38-45-58(2)3/h58-63,68H,8-57H2,1-7H3,(H,73,74)(H,75,76)/t61-,62+,63+/m0/s1. The summed E-state index contributed by atoms with van der Waals surface area (Å²) in [6.07, 6.45) is 40.5. The Labute approximate surface area is 524 Å². The van der Waals surface area contributed by atoms with Crippen LogP contribution in [0.5, 0.6) is 0 Å². The van der Waals surface area contributed by atoms with E-state index < -0.39 is 97.5 Å². The second-order valence-corrected chi connectivity index (χ2v) is 28.5. The summed E-state index contributed by atoms with van der Waals surface area (Å²) in [5, 5.41) is 10.5. The second kappa shape index (κ2) is 58.2. The van der Waals surface area contributed by atoms with Crippen molar-refractivity contribution in [2.24, 2.45) is 17.8 Å². The van der Waals surface area contributed by atoms with Crippen LogP contribution in [-0.4, -0.2) is 96.7 Å². The third-order valence-electron chi connectivity index (χ3n) is 15.4. The Morgan fingerprint density at radius 2 is 0.535 bits per heavy atom. The highest BCUT2D eigenvalue weighted by molar-refractivity contribution is 7.47. The summed E-state index contributed by atoms with van der Waals surface area (Å²) >= 11 is 0. The van der Waals surface area contributed by atoms with Gasteiger partial charge in [0.25, 0.3) is 0 Å². The first-order valence-corrected chi connectivity index (χ1v) is 37.8. The molecule has 0 saturated carbocycles. The lowest BCUT2D eigenvalue weighted by molar-refractivity contribution is -0.161. The quantitative estimate of drug-likeness (QED) is 0.0222. The van der Waals surface area contributed by atoms with Gasteiger partial charge in [-0.1, -0.05) is 280 Å². The van der Waals surface area contributed by atoms with Gasteiger partial charge in [-0.3, -0.25) is 37.3 Å². The van der Waals surface area contributed by atoms with Gasteiger partial charge < -0.3 is 33.8 Å². The number of hydrogen-bond acceptors (Lipinski definition) is 15. The van der Waals surface area contributed by atoms with E-state index in [-0.39, 0.29) is 25.7 Å². The Morgan fingerprint density at radius 1 is 0.314 bits per heavy atom. The fourth-order valence-corrected chi connectivity index (χ4v) is 11.6. The van der Waals surface area contributed by atoms with Crippen LogP contribution >= 0.6 is 15.6 Å². The first-order chi connectivity index (χ1) is 41.2. The summed E-state index contributed by atoms with van der Waals surface area (Å²) in [6.45, 7) is 11.7. The first kappa shape index (κ1) is 84.1. The fourth-order valence-electron chi connectivity index (χ4n) is 10.0. The topological polar surface area (TPSA) is 237 Å². The maximum atomic E-state index is 13.0. The minimum absolute atomic E-state index is 0.103. The molecule has 0 amide bonds. The minimum Gasteiger partial charge on any atom is -0.462 e.